The van der Waals surface area contributed by atoms with Gasteiger partial charge in [0.05, 0.1) is 28.4 Å². The Kier molecular flexibility index (Phi) is 5.64. The number of carbonyl (C=O) groups is 2. The maximum absolute atomic E-state index is 12.8. The molecule has 7 heteroatoms. The minimum Gasteiger partial charge on any atom is -0.378 e. The van der Waals surface area contributed by atoms with Crippen LogP contribution in [0.15, 0.2) is 18.2 Å². The first-order chi connectivity index (χ1) is 13.5. The van der Waals surface area contributed by atoms with Crippen LogP contribution in [-0.4, -0.2) is 48.0 Å². The van der Waals surface area contributed by atoms with Crippen molar-refractivity contribution in [3.05, 3.63) is 23.2 Å². The second-order valence-electron chi connectivity index (χ2n) is 8.02. The molecule has 150 valence electrons. The highest BCUT2D eigenvalue weighted by molar-refractivity contribution is 7.18. The fourth-order valence-electron chi connectivity index (χ4n) is 4.45. The zero-order valence-corrected chi connectivity index (χ0v) is 17.1. The van der Waals surface area contributed by atoms with Crippen LogP contribution < -0.4 is 5.32 Å². The van der Waals surface area contributed by atoms with E-state index in [1.165, 1.54) is 0 Å². The monoisotopic (exact) mass is 401 g/mol. The van der Waals surface area contributed by atoms with Crippen molar-refractivity contribution in [2.75, 3.05) is 31.6 Å². The largest absolute Gasteiger partial charge is 0.378 e. The van der Waals surface area contributed by atoms with Crippen molar-refractivity contribution in [3.63, 3.8) is 0 Å². The third-order valence-electron chi connectivity index (χ3n) is 5.87. The molecular weight excluding hydrogens is 374 g/mol. The Hall–Kier alpha value is -1.99. The first kappa shape index (κ1) is 19.3. The average molecular weight is 402 g/mol. The summed E-state index contributed by atoms with van der Waals surface area (Å²) in [5.41, 5.74) is 1.56. The molecular formula is C21H27N3O3S. The van der Waals surface area contributed by atoms with Gasteiger partial charge in [0.25, 0.3) is 0 Å². The van der Waals surface area contributed by atoms with Crippen molar-refractivity contribution in [2.24, 2.45) is 5.41 Å². The third kappa shape index (κ3) is 4.36. The molecule has 2 fully saturated rings. The van der Waals surface area contributed by atoms with Crippen LogP contribution in [0.25, 0.3) is 10.2 Å². The number of nitrogens with zero attached hydrogens (tertiary/aromatic N) is 2. The summed E-state index contributed by atoms with van der Waals surface area (Å²) < 4.78 is 6.42. The molecule has 1 N–H and O–H groups in total. The molecule has 0 atom stereocenters. The van der Waals surface area contributed by atoms with Gasteiger partial charge in [-0.05, 0) is 43.4 Å². The van der Waals surface area contributed by atoms with E-state index >= 15 is 0 Å². The summed E-state index contributed by atoms with van der Waals surface area (Å²) in [6, 6.07) is 5.83. The molecule has 6 nitrogen and oxygen atoms in total. The number of carbonyl (C=O) groups excluding carboxylic acids is 2. The molecule has 1 aliphatic heterocycles. The van der Waals surface area contributed by atoms with Gasteiger partial charge < -0.3 is 15.0 Å². The molecule has 1 aromatic carbocycles. The molecule has 28 heavy (non-hydrogen) atoms. The number of aromatic nitrogens is 1. The predicted molar refractivity (Wildman–Crippen MR) is 111 cm³/mol. The summed E-state index contributed by atoms with van der Waals surface area (Å²) in [7, 11) is 0. The van der Waals surface area contributed by atoms with Crippen molar-refractivity contribution in [2.45, 2.75) is 45.4 Å². The number of ether oxygens (including phenoxy) is 1. The Labute approximate surface area is 169 Å². The quantitative estimate of drug-likeness (QED) is 0.828. The van der Waals surface area contributed by atoms with Crippen LogP contribution in [0, 0.1) is 12.3 Å². The van der Waals surface area contributed by atoms with Crippen LogP contribution >= 0.6 is 11.3 Å². The molecule has 4 rings (SSSR count). The number of benzene rings is 1. The number of thiazole rings is 1. The standard InChI is InChI=1S/C21H27N3O3S/c1-15-22-17-5-4-16(12-18(17)28-15)23-19(25)13-21(6-2-3-7-21)14-20(26)24-8-10-27-11-9-24/h4-5,12H,2-3,6-11,13-14H2,1H3,(H,23,25). The first-order valence-corrected chi connectivity index (χ1v) is 10.9. The van der Waals surface area contributed by atoms with Gasteiger partial charge in [-0.2, -0.15) is 0 Å². The van der Waals surface area contributed by atoms with E-state index in [0.717, 1.165) is 46.6 Å². The second kappa shape index (κ2) is 8.17. The predicted octanol–water partition coefficient (Wildman–Crippen LogP) is 3.74. The lowest BCUT2D eigenvalue weighted by Crippen LogP contribution is -2.43. The zero-order valence-electron chi connectivity index (χ0n) is 16.3. The lowest BCUT2D eigenvalue weighted by molar-refractivity contribution is -0.138. The second-order valence-corrected chi connectivity index (χ2v) is 9.25. The Morgan fingerprint density at radius 2 is 1.96 bits per heavy atom. The number of aryl methyl sites for hydroxylation is 1. The topological polar surface area (TPSA) is 71.5 Å². The highest BCUT2D eigenvalue weighted by Gasteiger charge is 2.39. The van der Waals surface area contributed by atoms with Gasteiger partial charge in [-0.1, -0.05) is 12.8 Å². The van der Waals surface area contributed by atoms with Gasteiger partial charge in [0.15, 0.2) is 0 Å². The Balaban J connectivity index is 1.41. The van der Waals surface area contributed by atoms with Crippen LogP contribution in [0.4, 0.5) is 5.69 Å². The van der Waals surface area contributed by atoms with Gasteiger partial charge >= 0.3 is 0 Å². The minimum absolute atomic E-state index is 0.00253. The van der Waals surface area contributed by atoms with Gasteiger partial charge in [-0.25, -0.2) is 4.98 Å². The van der Waals surface area contributed by atoms with E-state index in [1.807, 2.05) is 30.0 Å². The van der Waals surface area contributed by atoms with E-state index in [9.17, 15) is 9.59 Å². The van der Waals surface area contributed by atoms with Crippen molar-refractivity contribution < 1.29 is 14.3 Å². The first-order valence-electron chi connectivity index (χ1n) is 10.1. The number of morpholine rings is 1. The van der Waals surface area contributed by atoms with Gasteiger partial charge in [-0.15, -0.1) is 11.3 Å². The lowest BCUT2D eigenvalue weighted by atomic mass is 9.78. The molecule has 2 heterocycles. The van der Waals surface area contributed by atoms with Crippen LogP contribution in [-0.2, 0) is 14.3 Å². The molecule has 1 saturated carbocycles. The number of fused-ring (bicyclic) bond motifs is 1. The van der Waals surface area contributed by atoms with E-state index < -0.39 is 0 Å². The van der Waals surface area contributed by atoms with E-state index in [-0.39, 0.29) is 17.2 Å². The van der Waals surface area contributed by atoms with E-state index in [4.69, 9.17) is 4.74 Å². The molecule has 1 aliphatic carbocycles. The maximum atomic E-state index is 12.8. The number of hydrogen-bond acceptors (Lipinski definition) is 5. The normalized spacial score (nSPS) is 19.1. The average Bonchev–Trinajstić information content (AvgIpc) is 3.27. The minimum atomic E-state index is -0.204. The highest BCUT2D eigenvalue weighted by atomic mass is 32.1. The molecule has 2 aromatic rings. The lowest BCUT2D eigenvalue weighted by Gasteiger charge is -2.33. The summed E-state index contributed by atoms with van der Waals surface area (Å²) >= 11 is 1.63. The number of amides is 2. The van der Waals surface area contributed by atoms with Crippen LogP contribution in [0.5, 0.6) is 0 Å². The van der Waals surface area contributed by atoms with Crippen molar-refractivity contribution in [1.29, 1.82) is 0 Å². The smallest absolute Gasteiger partial charge is 0.224 e. The third-order valence-corrected chi connectivity index (χ3v) is 6.80. The van der Waals surface area contributed by atoms with Crippen molar-refractivity contribution >= 4 is 39.1 Å². The summed E-state index contributed by atoms with van der Waals surface area (Å²) in [6.07, 6.45) is 4.95. The number of nitrogens with one attached hydrogen (secondary N) is 1. The Morgan fingerprint density at radius 3 is 2.71 bits per heavy atom. The SMILES string of the molecule is Cc1nc2ccc(NC(=O)CC3(CC(=O)N4CCOCC4)CCCC3)cc2s1. The van der Waals surface area contributed by atoms with Gasteiger partial charge in [-0.3, -0.25) is 9.59 Å². The van der Waals surface area contributed by atoms with Gasteiger partial charge in [0, 0.05) is 31.6 Å². The van der Waals surface area contributed by atoms with Crippen molar-refractivity contribution in [3.8, 4) is 0 Å². The highest BCUT2D eigenvalue weighted by Crippen LogP contribution is 2.44. The van der Waals surface area contributed by atoms with Gasteiger partial charge in [0.1, 0.15) is 0 Å². The summed E-state index contributed by atoms with van der Waals surface area (Å²) in [4.78, 5) is 31.9. The van der Waals surface area contributed by atoms with E-state index in [2.05, 4.69) is 10.3 Å². The molecule has 1 saturated heterocycles. The number of rotatable bonds is 5. The molecule has 0 bridgehead atoms. The fourth-order valence-corrected chi connectivity index (χ4v) is 5.32. The molecule has 0 radical (unpaired) electrons. The molecule has 0 spiro atoms. The maximum Gasteiger partial charge on any atom is 0.224 e. The van der Waals surface area contributed by atoms with E-state index in [1.54, 1.807) is 11.3 Å². The van der Waals surface area contributed by atoms with Crippen LogP contribution in [0.3, 0.4) is 0 Å². The van der Waals surface area contributed by atoms with Crippen LogP contribution in [0.1, 0.15) is 43.5 Å². The van der Waals surface area contributed by atoms with Crippen molar-refractivity contribution in [1.82, 2.24) is 9.88 Å². The molecule has 2 aliphatic rings. The van der Waals surface area contributed by atoms with E-state index in [0.29, 0.717) is 39.1 Å². The number of anilines is 1. The Bertz CT molecular complexity index is 867. The summed E-state index contributed by atoms with van der Waals surface area (Å²) in [5, 5.41) is 4.06. The summed E-state index contributed by atoms with van der Waals surface area (Å²) in [5.74, 6) is 0.164. The molecule has 0 unspecified atom stereocenters. The Morgan fingerprint density at radius 1 is 1.21 bits per heavy atom. The van der Waals surface area contributed by atoms with Crippen LogP contribution in [0.2, 0.25) is 0 Å². The fraction of sp³-hybridized carbons (Fsp3) is 0.571. The molecule has 2 amide bonds. The number of hydrogen-bond donors (Lipinski definition) is 1. The summed E-state index contributed by atoms with van der Waals surface area (Å²) in [6.45, 7) is 4.53. The molecule has 1 aromatic heterocycles. The van der Waals surface area contributed by atoms with Gasteiger partial charge in [0.2, 0.25) is 11.8 Å². The zero-order chi connectivity index (χ0) is 19.6.